The Morgan fingerprint density at radius 2 is 1.71 bits per heavy atom. The lowest BCUT2D eigenvalue weighted by Gasteiger charge is -2.23. The van der Waals surface area contributed by atoms with Crippen molar-refractivity contribution in [2.45, 2.75) is 23.8 Å². The minimum absolute atomic E-state index is 0.355. The first kappa shape index (κ1) is 17.0. The largest absolute Gasteiger partial charge is 0.497 e. The van der Waals surface area contributed by atoms with E-state index in [-0.39, 0.29) is 0 Å². The van der Waals surface area contributed by atoms with Crippen LogP contribution >= 0.6 is 0 Å². The second-order valence-corrected chi connectivity index (χ2v) is 7.13. The molecule has 0 aliphatic heterocycles. The molecule has 0 heterocycles. The predicted octanol–water partition coefficient (Wildman–Crippen LogP) is 0.928. The minimum atomic E-state index is -4.21. The molecule has 1 atom stereocenters. The molecule has 0 radical (unpaired) electrons. The van der Waals surface area contributed by atoms with Crippen LogP contribution < -0.4 is 4.74 Å². The number of carboxylic acids is 2. The Labute approximate surface area is 122 Å². The van der Waals surface area contributed by atoms with Gasteiger partial charge in [0.1, 0.15) is 5.75 Å². The number of rotatable bonds is 7. The lowest BCUT2D eigenvalue weighted by Crippen LogP contribution is -2.46. The summed E-state index contributed by atoms with van der Waals surface area (Å²) in [6.07, 6.45) is -0.999. The molecule has 0 bridgehead atoms. The number of hydrogen-bond donors (Lipinski definition) is 2. The van der Waals surface area contributed by atoms with Gasteiger partial charge in [-0.05, 0) is 24.6 Å². The summed E-state index contributed by atoms with van der Waals surface area (Å²) < 4.78 is 27.1. The van der Waals surface area contributed by atoms with Crippen molar-refractivity contribution < 1.29 is 33.0 Å². The standard InChI is InChI=1S/C13H16O7S/c1-13(12(16)17,7-11(14)15)21(18,19)8-9-3-5-10(20-2)6-4-9/h3-6H,7-8H2,1-2H3,(H,14,15)(H,16,17). The molecule has 1 aromatic carbocycles. The van der Waals surface area contributed by atoms with E-state index in [1.165, 1.54) is 19.2 Å². The fourth-order valence-electron chi connectivity index (χ4n) is 1.71. The quantitative estimate of drug-likeness (QED) is 0.768. The molecular formula is C13H16O7S. The molecular weight excluding hydrogens is 300 g/mol. The van der Waals surface area contributed by atoms with Crippen LogP contribution in [0.5, 0.6) is 5.75 Å². The second kappa shape index (κ2) is 6.13. The smallest absolute Gasteiger partial charge is 0.325 e. The van der Waals surface area contributed by atoms with Crippen molar-refractivity contribution in [3.8, 4) is 5.75 Å². The maximum atomic E-state index is 12.3. The maximum Gasteiger partial charge on any atom is 0.325 e. The number of sulfone groups is 1. The number of benzene rings is 1. The average Bonchev–Trinajstić information content (AvgIpc) is 2.38. The predicted molar refractivity (Wildman–Crippen MR) is 73.9 cm³/mol. The van der Waals surface area contributed by atoms with Crippen LogP contribution in [0.25, 0.3) is 0 Å². The van der Waals surface area contributed by atoms with Crippen molar-refractivity contribution in [3.05, 3.63) is 29.8 Å². The molecule has 0 saturated heterocycles. The van der Waals surface area contributed by atoms with Gasteiger partial charge < -0.3 is 14.9 Å². The molecule has 1 unspecified atom stereocenters. The second-order valence-electron chi connectivity index (χ2n) is 4.71. The van der Waals surface area contributed by atoms with E-state index in [0.717, 1.165) is 6.92 Å². The first-order valence-electron chi connectivity index (χ1n) is 5.93. The fraction of sp³-hybridized carbons (Fsp3) is 0.385. The van der Waals surface area contributed by atoms with Gasteiger partial charge in [0.2, 0.25) is 0 Å². The van der Waals surface area contributed by atoms with Crippen LogP contribution in [0.2, 0.25) is 0 Å². The Morgan fingerprint density at radius 3 is 2.10 bits per heavy atom. The van der Waals surface area contributed by atoms with Crippen LogP contribution in [0.4, 0.5) is 0 Å². The molecule has 21 heavy (non-hydrogen) atoms. The minimum Gasteiger partial charge on any atom is -0.497 e. The zero-order chi connectivity index (χ0) is 16.3. The Balaban J connectivity index is 3.11. The van der Waals surface area contributed by atoms with Crippen molar-refractivity contribution in [1.82, 2.24) is 0 Å². The molecule has 1 aromatic rings. The van der Waals surface area contributed by atoms with Crippen LogP contribution in [0.3, 0.4) is 0 Å². The highest BCUT2D eigenvalue weighted by Gasteiger charge is 2.48. The van der Waals surface area contributed by atoms with E-state index in [4.69, 9.17) is 14.9 Å². The van der Waals surface area contributed by atoms with Gasteiger partial charge >= 0.3 is 11.9 Å². The molecule has 0 aliphatic rings. The Kier molecular flexibility index (Phi) is 4.95. The van der Waals surface area contributed by atoms with Gasteiger partial charge in [0.15, 0.2) is 14.6 Å². The first-order valence-corrected chi connectivity index (χ1v) is 7.58. The van der Waals surface area contributed by atoms with E-state index in [1.54, 1.807) is 12.1 Å². The number of hydrogen-bond acceptors (Lipinski definition) is 5. The molecule has 7 nitrogen and oxygen atoms in total. The average molecular weight is 316 g/mol. The van der Waals surface area contributed by atoms with Gasteiger partial charge in [0, 0.05) is 0 Å². The summed E-state index contributed by atoms with van der Waals surface area (Å²) in [6, 6.07) is 6.05. The third-order valence-electron chi connectivity index (χ3n) is 3.14. The van der Waals surface area contributed by atoms with E-state index in [2.05, 4.69) is 0 Å². The van der Waals surface area contributed by atoms with Gasteiger partial charge in [-0.25, -0.2) is 8.42 Å². The van der Waals surface area contributed by atoms with Crippen molar-refractivity contribution in [1.29, 1.82) is 0 Å². The third-order valence-corrected chi connectivity index (χ3v) is 5.55. The van der Waals surface area contributed by atoms with Gasteiger partial charge in [-0.2, -0.15) is 0 Å². The summed E-state index contributed by atoms with van der Waals surface area (Å²) in [5, 5.41) is 17.9. The molecule has 0 aliphatic carbocycles. The van der Waals surface area contributed by atoms with Crippen molar-refractivity contribution in [2.24, 2.45) is 0 Å². The topological polar surface area (TPSA) is 118 Å². The van der Waals surface area contributed by atoms with E-state index in [0.29, 0.717) is 11.3 Å². The normalized spacial score (nSPS) is 14.2. The third kappa shape index (κ3) is 3.72. The molecule has 1 rings (SSSR count). The molecule has 8 heteroatoms. The molecule has 116 valence electrons. The summed E-state index contributed by atoms with van der Waals surface area (Å²) in [7, 11) is -2.75. The van der Waals surface area contributed by atoms with Crippen molar-refractivity contribution in [2.75, 3.05) is 7.11 Å². The van der Waals surface area contributed by atoms with Gasteiger partial charge in [0.05, 0.1) is 19.3 Å². The van der Waals surface area contributed by atoms with E-state index < -0.39 is 38.7 Å². The van der Waals surface area contributed by atoms with Crippen molar-refractivity contribution in [3.63, 3.8) is 0 Å². The molecule has 0 amide bonds. The molecule has 2 N–H and O–H groups in total. The van der Waals surface area contributed by atoms with Crippen LogP contribution in [0.15, 0.2) is 24.3 Å². The van der Waals surface area contributed by atoms with E-state index in [9.17, 15) is 18.0 Å². The number of methoxy groups -OCH3 is 1. The molecule has 0 saturated carbocycles. The SMILES string of the molecule is COc1ccc(CS(=O)(=O)C(C)(CC(=O)O)C(=O)O)cc1. The zero-order valence-electron chi connectivity index (χ0n) is 11.6. The summed E-state index contributed by atoms with van der Waals surface area (Å²) in [4.78, 5) is 22.0. The van der Waals surface area contributed by atoms with Crippen LogP contribution in [0.1, 0.15) is 18.9 Å². The fourth-order valence-corrected chi connectivity index (χ4v) is 3.27. The molecule has 0 fully saturated rings. The Bertz CT molecular complexity index is 633. The Hall–Kier alpha value is -2.09. The van der Waals surface area contributed by atoms with Crippen LogP contribution in [0, 0.1) is 0 Å². The molecule has 0 spiro atoms. The highest BCUT2D eigenvalue weighted by molar-refractivity contribution is 7.92. The van der Waals surface area contributed by atoms with E-state index in [1.807, 2.05) is 0 Å². The summed E-state index contributed by atoms with van der Waals surface area (Å²) in [6.45, 7) is 0.905. The Morgan fingerprint density at radius 1 is 1.19 bits per heavy atom. The van der Waals surface area contributed by atoms with Crippen molar-refractivity contribution >= 4 is 21.8 Å². The van der Waals surface area contributed by atoms with E-state index >= 15 is 0 Å². The van der Waals surface area contributed by atoms with Crippen LogP contribution in [-0.4, -0.2) is 42.4 Å². The first-order chi connectivity index (χ1) is 9.62. The number of ether oxygens (including phenoxy) is 1. The van der Waals surface area contributed by atoms with Gasteiger partial charge in [0.25, 0.3) is 0 Å². The van der Waals surface area contributed by atoms with Gasteiger partial charge in [-0.15, -0.1) is 0 Å². The number of aliphatic carboxylic acids is 2. The number of carbonyl (C=O) groups is 2. The highest BCUT2D eigenvalue weighted by Crippen LogP contribution is 2.26. The lowest BCUT2D eigenvalue weighted by molar-refractivity contribution is -0.146. The zero-order valence-corrected chi connectivity index (χ0v) is 12.4. The lowest BCUT2D eigenvalue weighted by atomic mass is 10.1. The maximum absolute atomic E-state index is 12.3. The summed E-state index contributed by atoms with van der Waals surface area (Å²) in [5.41, 5.74) is 0.355. The van der Waals surface area contributed by atoms with Gasteiger partial charge in [-0.1, -0.05) is 12.1 Å². The van der Waals surface area contributed by atoms with Gasteiger partial charge in [-0.3, -0.25) is 9.59 Å². The highest BCUT2D eigenvalue weighted by atomic mass is 32.2. The number of carboxylic acid groups (broad SMARTS) is 2. The monoisotopic (exact) mass is 316 g/mol. The van der Waals surface area contributed by atoms with Crippen LogP contribution in [-0.2, 0) is 25.2 Å². The summed E-state index contributed by atoms with van der Waals surface area (Å²) in [5.74, 6) is -3.20. The molecule has 0 aromatic heterocycles. The summed E-state index contributed by atoms with van der Waals surface area (Å²) >= 11 is 0.